The lowest BCUT2D eigenvalue weighted by Crippen LogP contribution is -2.31. The second-order valence-electron chi connectivity index (χ2n) is 3.53. The summed E-state index contributed by atoms with van der Waals surface area (Å²) in [7, 11) is 1.57. The molecule has 0 saturated carbocycles. The van der Waals surface area contributed by atoms with Crippen molar-refractivity contribution < 1.29 is 9.84 Å². The van der Waals surface area contributed by atoms with Crippen molar-refractivity contribution in [3.05, 3.63) is 35.9 Å². The van der Waals surface area contributed by atoms with Crippen LogP contribution in [0.2, 0.25) is 0 Å². The van der Waals surface area contributed by atoms with E-state index in [1.54, 1.807) is 7.11 Å². The zero-order chi connectivity index (χ0) is 11.1. The lowest BCUT2D eigenvalue weighted by molar-refractivity contribution is -0.0410. The quantitative estimate of drug-likeness (QED) is 0.743. The highest BCUT2D eigenvalue weighted by molar-refractivity contribution is 5.22. The van der Waals surface area contributed by atoms with Gasteiger partial charge in [-0.3, -0.25) is 0 Å². The second kappa shape index (κ2) is 5.55. The zero-order valence-electron chi connectivity index (χ0n) is 8.94. The molecule has 2 nitrogen and oxygen atoms in total. The lowest BCUT2D eigenvalue weighted by Gasteiger charge is -2.27. The van der Waals surface area contributed by atoms with Gasteiger partial charge in [0.15, 0.2) is 0 Å². The summed E-state index contributed by atoms with van der Waals surface area (Å²) in [5.74, 6) is 2.54. The Morgan fingerprint density at radius 3 is 2.60 bits per heavy atom. The van der Waals surface area contributed by atoms with Crippen LogP contribution in [-0.2, 0) is 10.3 Å². The molecule has 0 aliphatic heterocycles. The van der Waals surface area contributed by atoms with E-state index in [2.05, 4.69) is 5.92 Å². The molecular weight excluding hydrogens is 188 g/mol. The molecule has 0 heterocycles. The van der Waals surface area contributed by atoms with Gasteiger partial charge >= 0.3 is 0 Å². The second-order valence-corrected chi connectivity index (χ2v) is 3.53. The maximum atomic E-state index is 10.4. The highest BCUT2D eigenvalue weighted by atomic mass is 16.5. The molecule has 1 unspecified atom stereocenters. The predicted octanol–water partition coefficient (Wildman–Crippen LogP) is 1.93. The van der Waals surface area contributed by atoms with Crippen molar-refractivity contribution in [1.82, 2.24) is 0 Å². The van der Waals surface area contributed by atoms with E-state index in [0.717, 1.165) is 5.56 Å². The third-order valence-electron chi connectivity index (χ3n) is 2.38. The minimum absolute atomic E-state index is 0.263. The molecule has 2 heteroatoms. The van der Waals surface area contributed by atoms with Gasteiger partial charge in [0.25, 0.3) is 0 Å². The van der Waals surface area contributed by atoms with Crippen molar-refractivity contribution in [2.24, 2.45) is 0 Å². The fourth-order valence-electron chi connectivity index (χ4n) is 1.57. The van der Waals surface area contributed by atoms with Gasteiger partial charge in [-0.05, 0) is 12.0 Å². The first kappa shape index (κ1) is 11.8. The standard InChI is InChI=1S/C13H16O2/c1-3-4-10-13(14,11-15-2)12-8-6-5-7-9-12/h1,5-9,14H,4,10-11H2,2H3. The van der Waals surface area contributed by atoms with Crippen LogP contribution in [0, 0.1) is 12.3 Å². The smallest absolute Gasteiger partial charge is 0.114 e. The summed E-state index contributed by atoms with van der Waals surface area (Å²) in [5, 5.41) is 10.4. The number of terminal acetylenes is 1. The molecule has 0 saturated heterocycles. The molecule has 15 heavy (non-hydrogen) atoms. The highest BCUT2D eigenvalue weighted by Crippen LogP contribution is 2.26. The first-order valence-electron chi connectivity index (χ1n) is 4.93. The molecular formula is C13H16O2. The SMILES string of the molecule is C#CCCC(O)(COC)c1ccccc1. The van der Waals surface area contributed by atoms with Crippen molar-refractivity contribution in [3.8, 4) is 12.3 Å². The maximum Gasteiger partial charge on any atom is 0.114 e. The molecule has 1 atom stereocenters. The maximum absolute atomic E-state index is 10.4. The molecule has 1 rings (SSSR count). The molecule has 0 bridgehead atoms. The molecule has 0 aliphatic carbocycles. The van der Waals surface area contributed by atoms with E-state index in [0.29, 0.717) is 12.8 Å². The topological polar surface area (TPSA) is 29.5 Å². The van der Waals surface area contributed by atoms with Gasteiger partial charge < -0.3 is 9.84 Å². The number of hydrogen-bond acceptors (Lipinski definition) is 2. The Balaban J connectivity index is 2.86. The summed E-state index contributed by atoms with van der Waals surface area (Å²) in [5.41, 5.74) is -0.121. The molecule has 0 aliphatic rings. The van der Waals surface area contributed by atoms with E-state index in [4.69, 9.17) is 11.2 Å². The van der Waals surface area contributed by atoms with Crippen molar-refractivity contribution in [1.29, 1.82) is 0 Å². The number of rotatable bonds is 5. The Labute approximate surface area is 90.9 Å². The van der Waals surface area contributed by atoms with E-state index < -0.39 is 5.60 Å². The van der Waals surface area contributed by atoms with Crippen LogP contribution >= 0.6 is 0 Å². The van der Waals surface area contributed by atoms with E-state index in [1.165, 1.54) is 0 Å². The number of aliphatic hydroxyl groups is 1. The minimum atomic E-state index is -0.970. The third kappa shape index (κ3) is 3.09. The van der Waals surface area contributed by atoms with Gasteiger partial charge in [-0.15, -0.1) is 12.3 Å². The first-order valence-corrected chi connectivity index (χ1v) is 4.93. The van der Waals surface area contributed by atoms with Gasteiger partial charge in [0.2, 0.25) is 0 Å². The zero-order valence-corrected chi connectivity index (χ0v) is 8.94. The van der Waals surface area contributed by atoms with Gasteiger partial charge in [0.1, 0.15) is 5.60 Å². The predicted molar refractivity (Wildman–Crippen MR) is 60.3 cm³/mol. The van der Waals surface area contributed by atoms with E-state index in [-0.39, 0.29) is 6.61 Å². The van der Waals surface area contributed by atoms with Crippen LogP contribution in [0.4, 0.5) is 0 Å². The lowest BCUT2D eigenvalue weighted by atomic mass is 9.90. The van der Waals surface area contributed by atoms with Gasteiger partial charge in [-0.25, -0.2) is 0 Å². The molecule has 1 aromatic rings. The molecule has 1 N–H and O–H groups in total. The van der Waals surface area contributed by atoms with Gasteiger partial charge in [-0.2, -0.15) is 0 Å². The Morgan fingerprint density at radius 2 is 2.07 bits per heavy atom. The Hall–Kier alpha value is -1.30. The molecule has 1 aromatic carbocycles. The molecule has 80 valence electrons. The number of hydrogen-bond donors (Lipinski definition) is 1. The Morgan fingerprint density at radius 1 is 1.40 bits per heavy atom. The normalized spacial score (nSPS) is 14.2. The van der Waals surface area contributed by atoms with Crippen molar-refractivity contribution in [2.45, 2.75) is 18.4 Å². The minimum Gasteiger partial charge on any atom is -0.383 e. The average molecular weight is 204 g/mol. The largest absolute Gasteiger partial charge is 0.383 e. The first-order chi connectivity index (χ1) is 7.23. The summed E-state index contributed by atoms with van der Waals surface area (Å²) >= 11 is 0. The monoisotopic (exact) mass is 204 g/mol. The van der Waals surface area contributed by atoms with Gasteiger partial charge in [0, 0.05) is 13.5 Å². The number of methoxy groups -OCH3 is 1. The Kier molecular flexibility index (Phi) is 4.36. The van der Waals surface area contributed by atoms with E-state index in [9.17, 15) is 5.11 Å². The van der Waals surface area contributed by atoms with Crippen molar-refractivity contribution in [3.63, 3.8) is 0 Å². The summed E-state index contributed by atoms with van der Waals surface area (Å²) < 4.78 is 5.04. The molecule has 0 fully saturated rings. The van der Waals surface area contributed by atoms with Crippen LogP contribution in [0.25, 0.3) is 0 Å². The van der Waals surface area contributed by atoms with Crippen LogP contribution in [0.3, 0.4) is 0 Å². The highest BCUT2D eigenvalue weighted by Gasteiger charge is 2.28. The van der Waals surface area contributed by atoms with Crippen LogP contribution in [0.5, 0.6) is 0 Å². The number of ether oxygens (including phenoxy) is 1. The summed E-state index contributed by atoms with van der Waals surface area (Å²) in [4.78, 5) is 0. The van der Waals surface area contributed by atoms with E-state index in [1.807, 2.05) is 30.3 Å². The fraction of sp³-hybridized carbons (Fsp3) is 0.385. The third-order valence-corrected chi connectivity index (χ3v) is 2.38. The van der Waals surface area contributed by atoms with E-state index >= 15 is 0 Å². The van der Waals surface area contributed by atoms with Crippen LogP contribution in [0.1, 0.15) is 18.4 Å². The summed E-state index contributed by atoms with van der Waals surface area (Å²) in [6.07, 6.45) is 6.26. The van der Waals surface area contributed by atoms with Crippen LogP contribution in [0.15, 0.2) is 30.3 Å². The molecule has 0 spiro atoms. The Bertz CT molecular complexity index is 326. The molecule has 0 radical (unpaired) electrons. The molecule has 0 aromatic heterocycles. The summed E-state index contributed by atoms with van der Waals surface area (Å²) in [6.45, 7) is 0.263. The molecule has 0 amide bonds. The van der Waals surface area contributed by atoms with Crippen molar-refractivity contribution >= 4 is 0 Å². The van der Waals surface area contributed by atoms with Gasteiger partial charge in [0.05, 0.1) is 6.61 Å². The van der Waals surface area contributed by atoms with Crippen LogP contribution in [-0.4, -0.2) is 18.8 Å². The average Bonchev–Trinajstić information content (AvgIpc) is 2.28. The van der Waals surface area contributed by atoms with Crippen molar-refractivity contribution in [2.75, 3.05) is 13.7 Å². The summed E-state index contributed by atoms with van der Waals surface area (Å²) in [6, 6.07) is 9.47. The number of benzene rings is 1. The van der Waals surface area contributed by atoms with Gasteiger partial charge in [-0.1, -0.05) is 30.3 Å². The van der Waals surface area contributed by atoms with Crippen LogP contribution < -0.4 is 0 Å². The fourth-order valence-corrected chi connectivity index (χ4v) is 1.57.